The Morgan fingerprint density at radius 2 is 1.43 bits per heavy atom. The van der Waals surface area contributed by atoms with Crippen molar-refractivity contribution in [2.75, 3.05) is 7.11 Å². The Hall–Kier alpha value is -2.47. The first-order valence-electron chi connectivity index (χ1n) is 9.26. The van der Waals surface area contributed by atoms with Gasteiger partial charge in [0.1, 0.15) is 18.3 Å². The van der Waals surface area contributed by atoms with E-state index in [2.05, 4.69) is 6.58 Å². The highest BCUT2D eigenvalue weighted by Gasteiger charge is 2.50. The number of benzene rings is 2. The molecule has 1 saturated heterocycles. The quantitative estimate of drug-likeness (QED) is 0.526. The molecule has 0 N–H and O–H groups in total. The van der Waals surface area contributed by atoms with Gasteiger partial charge < -0.3 is 18.9 Å². The van der Waals surface area contributed by atoms with E-state index in [0.717, 1.165) is 17.2 Å². The van der Waals surface area contributed by atoms with Crippen LogP contribution in [0.1, 0.15) is 37.2 Å². The maximum Gasteiger partial charge on any atom is 0.330 e. The molecule has 2 aromatic carbocycles. The minimum atomic E-state index is -0.853. The lowest BCUT2D eigenvalue weighted by molar-refractivity contribution is -0.170. The van der Waals surface area contributed by atoms with Crippen molar-refractivity contribution in [3.8, 4) is 0 Å². The first kappa shape index (κ1) is 20.3. The third-order valence-corrected chi connectivity index (χ3v) is 4.68. The normalized spacial score (nSPS) is 23.0. The zero-order chi connectivity index (χ0) is 20.1. The maximum atomic E-state index is 12.1. The summed E-state index contributed by atoms with van der Waals surface area (Å²) in [5.41, 5.74) is 1.78. The average molecular weight is 382 g/mol. The van der Waals surface area contributed by atoms with Crippen molar-refractivity contribution in [1.29, 1.82) is 0 Å². The van der Waals surface area contributed by atoms with Crippen LogP contribution >= 0.6 is 0 Å². The van der Waals surface area contributed by atoms with Gasteiger partial charge in [-0.2, -0.15) is 0 Å². The standard InChI is InChI=1S/C23H26O5/c1-5-18(24)26-20(17-14-10-7-11-15-17)22-21(27-23(2,3)28-22)19(25-4)16-12-8-6-9-13-16/h5-15,19-22H,1H2,2-4H3/t19-,20-,21+,22+/m1/s1. The van der Waals surface area contributed by atoms with Crippen LogP contribution in [0.15, 0.2) is 73.3 Å². The molecule has 1 aliphatic heterocycles. The monoisotopic (exact) mass is 382 g/mol. The second kappa shape index (κ2) is 8.69. The van der Waals surface area contributed by atoms with E-state index < -0.39 is 30.1 Å². The molecule has 1 heterocycles. The van der Waals surface area contributed by atoms with Crippen LogP contribution in [-0.4, -0.2) is 31.1 Å². The van der Waals surface area contributed by atoms with Crippen molar-refractivity contribution in [3.05, 3.63) is 84.4 Å². The topological polar surface area (TPSA) is 54.0 Å². The van der Waals surface area contributed by atoms with Crippen molar-refractivity contribution in [2.24, 2.45) is 0 Å². The van der Waals surface area contributed by atoms with Gasteiger partial charge in [0.2, 0.25) is 0 Å². The van der Waals surface area contributed by atoms with Crippen LogP contribution in [0.25, 0.3) is 0 Å². The average Bonchev–Trinajstić information content (AvgIpc) is 3.03. The minimum absolute atomic E-state index is 0.387. The van der Waals surface area contributed by atoms with Gasteiger partial charge in [-0.3, -0.25) is 0 Å². The highest BCUT2D eigenvalue weighted by atomic mass is 16.8. The summed E-state index contributed by atoms with van der Waals surface area (Å²) < 4.78 is 23.9. The number of hydrogen-bond donors (Lipinski definition) is 0. The van der Waals surface area contributed by atoms with Gasteiger partial charge in [-0.1, -0.05) is 67.2 Å². The minimum Gasteiger partial charge on any atom is -0.451 e. The lowest BCUT2D eigenvalue weighted by atomic mass is 9.93. The maximum absolute atomic E-state index is 12.1. The molecule has 148 valence electrons. The molecule has 28 heavy (non-hydrogen) atoms. The van der Waals surface area contributed by atoms with Gasteiger partial charge in [0.25, 0.3) is 0 Å². The van der Waals surface area contributed by atoms with Crippen molar-refractivity contribution in [3.63, 3.8) is 0 Å². The third-order valence-electron chi connectivity index (χ3n) is 4.68. The molecule has 0 bridgehead atoms. The van der Waals surface area contributed by atoms with Gasteiger partial charge in [0.05, 0.1) is 0 Å². The molecule has 5 heteroatoms. The zero-order valence-corrected chi connectivity index (χ0v) is 16.4. The largest absolute Gasteiger partial charge is 0.451 e. The van der Waals surface area contributed by atoms with Crippen molar-refractivity contribution >= 4 is 5.97 Å². The Bertz CT molecular complexity index is 787. The highest BCUT2D eigenvalue weighted by Crippen LogP contribution is 2.43. The fourth-order valence-corrected chi connectivity index (χ4v) is 3.53. The second-order valence-corrected chi connectivity index (χ2v) is 7.10. The third kappa shape index (κ3) is 4.50. The van der Waals surface area contributed by atoms with Crippen LogP contribution < -0.4 is 0 Å². The molecule has 1 fully saturated rings. The number of rotatable bonds is 7. The molecule has 0 amide bonds. The summed E-state index contributed by atoms with van der Waals surface area (Å²) in [4.78, 5) is 12.1. The highest BCUT2D eigenvalue weighted by molar-refractivity contribution is 5.81. The van der Waals surface area contributed by atoms with Crippen molar-refractivity contribution < 1.29 is 23.7 Å². The molecule has 5 nitrogen and oxygen atoms in total. The SMILES string of the molecule is C=CC(=O)O[C@H](c1ccccc1)[C@@H]1OC(C)(C)O[C@H]1[C@H](OC)c1ccccc1. The Balaban J connectivity index is 2.00. The Labute approximate surface area is 165 Å². The lowest BCUT2D eigenvalue weighted by Gasteiger charge is -2.30. The molecule has 0 saturated carbocycles. The molecular formula is C23H26O5. The second-order valence-electron chi connectivity index (χ2n) is 7.10. The Morgan fingerprint density at radius 3 is 1.89 bits per heavy atom. The van der Waals surface area contributed by atoms with Crippen LogP contribution in [0.5, 0.6) is 0 Å². The summed E-state index contributed by atoms with van der Waals surface area (Å²) >= 11 is 0. The van der Waals surface area contributed by atoms with Crippen LogP contribution in [0.2, 0.25) is 0 Å². The van der Waals surface area contributed by atoms with E-state index in [4.69, 9.17) is 18.9 Å². The number of carbonyl (C=O) groups excluding carboxylic acids is 1. The number of methoxy groups -OCH3 is 1. The molecule has 3 rings (SSSR count). The van der Waals surface area contributed by atoms with Gasteiger partial charge >= 0.3 is 5.97 Å². The van der Waals surface area contributed by atoms with E-state index in [1.807, 2.05) is 74.5 Å². The predicted octanol–water partition coefficient (Wildman–Crippen LogP) is 4.36. The zero-order valence-electron chi connectivity index (χ0n) is 16.4. The molecule has 0 unspecified atom stereocenters. The molecular weight excluding hydrogens is 356 g/mol. The van der Waals surface area contributed by atoms with E-state index in [1.54, 1.807) is 7.11 Å². The van der Waals surface area contributed by atoms with Crippen molar-refractivity contribution in [1.82, 2.24) is 0 Å². The molecule has 0 aromatic heterocycles. The summed E-state index contributed by atoms with van der Waals surface area (Å²) in [6.45, 7) is 7.19. The van der Waals surface area contributed by atoms with Crippen LogP contribution in [0.3, 0.4) is 0 Å². The van der Waals surface area contributed by atoms with E-state index in [9.17, 15) is 4.79 Å². The first-order chi connectivity index (χ1) is 13.4. The number of ether oxygens (including phenoxy) is 4. The Kier molecular flexibility index (Phi) is 6.29. The fourth-order valence-electron chi connectivity index (χ4n) is 3.53. The summed E-state index contributed by atoms with van der Waals surface area (Å²) in [6, 6.07) is 19.3. The van der Waals surface area contributed by atoms with Gasteiger partial charge in [-0.15, -0.1) is 0 Å². The van der Waals surface area contributed by atoms with Gasteiger partial charge in [-0.25, -0.2) is 4.79 Å². The van der Waals surface area contributed by atoms with E-state index in [0.29, 0.717) is 0 Å². The predicted molar refractivity (Wildman–Crippen MR) is 105 cm³/mol. The van der Waals surface area contributed by atoms with Gasteiger partial charge in [0.15, 0.2) is 11.9 Å². The summed E-state index contributed by atoms with van der Waals surface area (Å²) in [7, 11) is 1.64. The molecule has 4 atom stereocenters. The van der Waals surface area contributed by atoms with E-state index in [1.165, 1.54) is 0 Å². The fraction of sp³-hybridized carbons (Fsp3) is 0.348. The first-order valence-corrected chi connectivity index (χ1v) is 9.26. The molecule has 0 spiro atoms. The van der Waals surface area contributed by atoms with E-state index >= 15 is 0 Å². The summed E-state index contributed by atoms with van der Waals surface area (Å²) in [5.74, 6) is -1.37. The Morgan fingerprint density at radius 1 is 0.964 bits per heavy atom. The summed E-state index contributed by atoms with van der Waals surface area (Å²) in [6.07, 6.45) is -0.949. The van der Waals surface area contributed by atoms with Crippen LogP contribution in [0.4, 0.5) is 0 Å². The van der Waals surface area contributed by atoms with E-state index in [-0.39, 0.29) is 6.10 Å². The molecule has 0 radical (unpaired) electrons. The number of carbonyl (C=O) groups is 1. The molecule has 0 aliphatic carbocycles. The molecule has 1 aliphatic rings. The molecule has 2 aromatic rings. The summed E-state index contributed by atoms with van der Waals surface area (Å²) in [5, 5.41) is 0. The number of hydrogen-bond acceptors (Lipinski definition) is 5. The smallest absolute Gasteiger partial charge is 0.330 e. The van der Waals surface area contributed by atoms with Crippen molar-refractivity contribution in [2.45, 2.75) is 44.1 Å². The van der Waals surface area contributed by atoms with Crippen LogP contribution in [0, 0.1) is 0 Å². The lowest BCUT2D eigenvalue weighted by Crippen LogP contribution is -2.37. The number of esters is 1. The van der Waals surface area contributed by atoms with Crippen LogP contribution in [-0.2, 0) is 23.7 Å². The van der Waals surface area contributed by atoms with Gasteiger partial charge in [0, 0.05) is 13.2 Å². The van der Waals surface area contributed by atoms with Gasteiger partial charge in [-0.05, 0) is 25.0 Å².